The lowest BCUT2D eigenvalue weighted by molar-refractivity contribution is -0.290. The minimum absolute atomic E-state index is 3.10. The van der Waals surface area contributed by atoms with Gasteiger partial charge in [0.25, 0.3) is 0 Å². The molecule has 172 valence electrons. The Balaban J connectivity index is 3.37. The lowest BCUT2D eigenvalue weighted by atomic mass is 9.88. The molecule has 0 aliphatic heterocycles. The molecule has 2 rings (SSSR count). The van der Waals surface area contributed by atoms with Crippen molar-refractivity contribution >= 4 is 0 Å². The molecule has 0 unspecified atom stereocenters. The van der Waals surface area contributed by atoms with Crippen molar-refractivity contribution in [2.45, 2.75) is 18.3 Å². The van der Waals surface area contributed by atoms with Gasteiger partial charge in [-0.3, -0.25) is 0 Å². The van der Waals surface area contributed by atoms with Gasteiger partial charge in [-0.1, -0.05) is 0 Å². The molecule has 0 atom stereocenters. The second-order valence-corrected chi connectivity index (χ2v) is 5.58. The zero-order valence-corrected chi connectivity index (χ0v) is 13.5. The van der Waals surface area contributed by atoms with Crippen molar-refractivity contribution in [3.8, 4) is 11.1 Å². The number of hydrogen-bond acceptors (Lipinski definition) is 0. The van der Waals surface area contributed by atoms with Gasteiger partial charge in [-0.15, -0.1) is 0 Å². The third kappa shape index (κ3) is 3.54. The molecule has 0 N–H and O–H groups in total. The molecule has 0 saturated carbocycles. The van der Waals surface area contributed by atoms with E-state index in [2.05, 4.69) is 0 Å². The molecule has 0 saturated heterocycles. The number of rotatable bonds is 2. The smallest absolute Gasteiger partial charge is 0.203 e. The topological polar surface area (TPSA) is 0 Å². The molecule has 16 heteroatoms. The minimum atomic E-state index is -7.10. The highest BCUT2D eigenvalue weighted by molar-refractivity contribution is 5.75. The Labute approximate surface area is 158 Å². The van der Waals surface area contributed by atoms with Gasteiger partial charge in [0.2, 0.25) is 5.82 Å². The van der Waals surface area contributed by atoms with Crippen LogP contribution in [0.25, 0.3) is 11.1 Å². The summed E-state index contributed by atoms with van der Waals surface area (Å²) in [7, 11) is 0. The summed E-state index contributed by atoms with van der Waals surface area (Å²) < 4.78 is 214. The summed E-state index contributed by atoms with van der Waals surface area (Å²) in [5, 5.41) is 0. The van der Waals surface area contributed by atoms with E-state index in [0.717, 1.165) is 0 Å². The average Bonchev–Trinajstić information content (AvgIpc) is 2.60. The molecular formula is C15F16. The van der Waals surface area contributed by atoms with Crippen LogP contribution in [0.1, 0.15) is 11.1 Å². The fourth-order valence-electron chi connectivity index (χ4n) is 2.44. The lowest BCUT2D eigenvalue weighted by Gasteiger charge is -2.26. The average molecular weight is 484 g/mol. The van der Waals surface area contributed by atoms with Crippen LogP contribution in [-0.2, 0) is 12.1 Å². The third-order valence-electron chi connectivity index (χ3n) is 3.74. The maximum Gasteiger partial charge on any atom is 0.458 e. The molecule has 0 aliphatic carbocycles. The van der Waals surface area contributed by atoms with Crippen LogP contribution in [0.3, 0.4) is 0 Å². The van der Waals surface area contributed by atoms with E-state index >= 15 is 0 Å². The number of hydrogen-bond donors (Lipinski definition) is 0. The van der Waals surface area contributed by atoms with Crippen molar-refractivity contribution in [3.63, 3.8) is 0 Å². The second kappa shape index (κ2) is 7.19. The molecule has 0 heterocycles. The summed E-state index contributed by atoms with van der Waals surface area (Å²) in [5.41, 5.74) is -14.2. The van der Waals surface area contributed by atoms with Crippen molar-refractivity contribution in [1.29, 1.82) is 0 Å². The summed E-state index contributed by atoms with van der Waals surface area (Å²) >= 11 is 0. The summed E-state index contributed by atoms with van der Waals surface area (Å²) in [6.07, 6.45) is -13.7. The van der Waals surface area contributed by atoms with Crippen LogP contribution < -0.4 is 0 Å². The second-order valence-electron chi connectivity index (χ2n) is 5.58. The normalized spacial score (nSPS) is 13.2. The van der Waals surface area contributed by atoms with Crippen LogP contribution >= 0.6 is 0 Å². The van der Waals surface area contributed by atoms with Crippen LogP contribution in [0, 0.1) is 46.5 Å². The number of alkyl halides is 8. The van der Waals surface area contributed by atoms with Crippen LogP contribution in [-0.4, -0.2) is 6.18 Å². The fraction of sp³-hybridized carbons (Fsp3) is 0.200. The zero-order chi connectivity index (χ0) is 24.4. The minimum Gasteiger partial charge on any atom is -0.203 e. The molecule has 0 bridgehead atoms. The summed E-state index contributed by atoms with van der Waals surface area (Å²) in [4.78, 5) is 0. The van der Waals surface area contributed by atoms with E-state index in [9.17, 15) is 70.2 Å². The Morgan fingerprint density at radius 3 is 1.03 bits per heavy atom. The monoisotopic (exact) mass is 484 g/mol. The Morgan fingerprint density at radius 2 is 0.677 bits per heavy atom. The van der Waals surface area contributed by atoms with Gasteiger partial charge in [-0.25, -0.2) is 35.1 Å². The Hall–Kier alpha value is -2.68. The maximum atomic E-state index is 13.9. The molecule has 0 aromatic heterocycles. The molecule has 0 spiro atoms. The molecule has 0 amide bonds. The summed E-state index contributed by atoms with van der Waals surface area (Å²) in [5.74, 6) is -34.1. The van der Waals surface area contributed by atoms with Crippen molar-refractivity contribution in [1.82, 2.24) is 0 Å². The Kier molecular flexibility index (Phi) is 5.70. The van der Waals surface area contributed by atoms with Gasteiger partial charge in [0.05, 0.1) is 11.1 Å². The molecule has 0 nitrogen and oxygen atoms in total. The van der Waals surface area contributed by atoms with E-state index < -0.39 is 87.1 Å². The molecule has 31 heavy (non-hydrogen) atoms. The van der Waals surface area contributed by atoms with E-state index in [-0.39, 0.29) is 0 Å². The largest absolute Gasteiger partial charge is 0.458 e. The van der Waals surface area contributed by atoms with E-state index in [1.807, 2.05) is 0 Å². The molecule has 2 aromatic carbocycles. The van der Waals surface area contributed by atoms with E-state index in [1.165, 1.54) is 0 Å². The predicted octanol–water partition coefficient (Wildman–Crippen LogP) is 7.14. The first-order chi connectivity index (χ1) is 13.8. The van der Waals surface area contributed by atoms with Gasteiger partial charge in [-0.05, 0) is 0 Å². The standard InChI is InChI=1S/C15F16/c16-5-2(6(17)10(21)12(23)9(5)20)1-3(13(24,25)15(29,30)31)7(18)11(22)8(19)4(1)14(26,27)28. The van der Waals surface area contributed by atoms with Crippen molar-refractivity contribution in [3.05, 3.63) is 57.7 Å². The number of benzene rings is 2. The van der Waals surface area contributed by atoms with Gasteiger partial charge < -0.3 is 0 Å². The SMILES string of the molecule is Fc1c(F)c(F)c(-c2c(C(F)(F)F)c(F)c(F)c(F)c2C(F)(F)C(F)(F)F)c(F)c1F. The Bertz CT molecular complexity index is 1030. The molecule has 0 fully saturated rings. The molecular weight excluding hydrogens is 484 g/mol. The van der Waals surface area contributed by atoms with Crippen LogP contribution in [0.4, 0.5) is 70.2 Å². The van der Waals surface area contributed by atoms with Crippen LogP contribution in [0.2, 0.25) is 0 Å². The van der Waals surface area contributed by atoms with Crippen LogP contribution in [0.15, 0.2) is 0 Å². The van der Waals surface area contributed by atoms with Crippen LogP contribution in [0.5, 0.6) is 0 Å². The maximum absolute atomic E-state index is 13.9. The van der Waals surface area contributed by atoms with E-state index in [4.69, 9.17) is 0 Å². The van der Waals surface area contributed by atoms with Gasteiger partial charge in [0, 0.05) is 5.56 Å². The van der Waals surface area contributed by atoms with Crippen molar-refractivity contribution in [2.75, 3.05) is 0 Å². The van der Waals surface area contributed by atoms with Crippen molar-refractivity contribution < 1.29 is 70.2 Å². The first-order valence-electron chi connectivity index (χ1n) is 7.02. The van der Waals surface area contributed by atoms with Crippen molar-refractivity contribution in [2.24, 2.45) is 0 Å². The van der Waals surface area contributed by atoms with Gasteiger partial charge in [0.15, 0.2) is 40.7 Å². The third-order valence-corrected chi connectivity index (χ3v) is 3.74. The van der Waals surface area contributed by atoms with E-state index in [1.54, 1.807) is 0 Å². The molecule has 0 radical (unpaired) electrons. The predicted molar refractivity (Wildman–Crippen MR) is 66.5 cm³/mol. The first kappa shape index (κ1) is 24.6. The Morgan fingerprint density at radius 1 is 0.355 bits per heavy atom. The highest BCUT2D eigenvalue weighted by Crippen LogP contribution is 2.53. The first-order valence-corrected chi connectivity index (χ1v) is 7.02. The molecule has 2 aromatic rings. The quantitative estimate of drug-likeness (QED) is 0.242. The molecule has 0 aliphatic rings. The van der Waals surface area contributed by atoms with E-state index in [0.29, 0.717) is 0 Å². The zero-order valence-electron chi connectivity index (χ0n) is 13.5. The fourth-order valence-corrected chi connectivity index (χ4v) is 2.44. The van der Waals surface area contributed by atoms with Gasteiger partial charge in [-0.2, -0.15) is 35.1 Å². The van der Waals surface area contributed by atoms with Gasteiger partial charge in [0.1, 0.15) is 5.56 Å². The van der Waals surface area contributed by atoms with Gasteiger partial charge >= 0.3 is 18.3 Å². The highest BCUT2D eigenvalue weighted by Gasteiger charge is 2.63. The number of halogens is 16. The lowest BCUT2D eigenvalue weighted by Crippen LogP contribution is -2.36. The summed E-state index contributed by atoms with van der Waals surface area (Å²) in [6.45, 7) is 0. The highest BCUT2D eigenvalue weighted by atomic mass is 19.4. The summed E-state index contributed by atoms with van der Waals surface area (Å²) in [6, 6.07) is 0.